The van der Waals surface area contributed by atoms with Crippen molar-refractivity contribution in [1.29, 1.82) is 0 Å². The molecule has 0 bridgehead atoms. The first kappa shape index (κ1) is 22.6. The molecule has 0 saturated heterocycles. The molecule has 1 rings (SSSR count). The van der Waals surface area contributed by atoms with Gasteiger partial charge in [-0.05, 0) is 43.0 Å². The summed E-state index contributed by atoms with van der Waals surface area (Å²) in [6.45, 7) is 1.37. The number of aliphatic carboxylic acids is 1. The summed E-state index contributed by atoms with van der Waals surface area (Å²) >= 11 is 0. The van der Waals surface area contributed by atoms with Crippen molar-refractivity contribution in [3.63, 3.8) is 0 Å². The quantitative estimate of drug-likeness (QED) is 0.662. The van der Waals surface area contributed by atoms with Crippen LogP contribution in [0.2, 0.25) is 0 Å². The van der Waals surface area contributed by atoms with Gasteiger partial charge >= 0.3 is 24.4 Å². The van der Waals surface area contributed by atoms with Crippen molar-refractivity contribution in [2.45, 2.75) is 44.6 Å². The van der Waals surface area contributed by atoms with E-state index in [1.165, 1.54) is 6.92 Å². The highest BCUT2D eigenvalue weighted by atomic mass is 19.4. The lowest BCUT2D eigenvalue weighted by atomic mass is 9.94. The lowest BCUT2D eigenvalue weighted by Crippen LogP contribution is -2.35. The monoisotopic (exact) mass is 401 g/mol. The Morgan fingerprint density at radius 1 is 1.19 bits per heavy atom. The average molecular weight is 401 g/mol. The van der Waals surface area contributed by atoms with Crippen molar-refractivity contribution in [3.05, 3.63) is 34.9 Å². The minimum absolute atomic E-state index is 0.0797. The highest BCUT2D eigenvalue weighted by molar-refractivity contribution is 5.81. The maximum Gasteiger partial charge on any atom is 0.416 e. The molecule has 0 fully saturated rings. The van der Waals surface area contributed by atoms with Crippen molar-refractivity contribution in [2.75, 3.05) is 6.61 Å². The van der Waals surface area contributed by atoms with Gasteiger partial charge in [0.15, 0.2) is 6.04 Å². The maximum atomic E-state index is 12.9. The molecule has 0 aliphatic rings. The van der Waals surface area contributed by atoms with Crippen LogP contribution < -0.4 is 5.32 Å². The second kappa shape index (κ2) is 8.96. The second-order valence-electron chi connectivity index (χ2n) is 5.52. The highest BCUT2D eigenvalue weighted by Gasteiger charge is 2.33. The van der Waals surface area contributed by atoms with Gasteiger partial charge in [0.1, 0.15) is 0 Å². The first-order chi connectivity index (χ1) is 12.3. The van der Waals surface area contributed by atoms with E-state index in [1.54, 1.807) is 0 Å². The number of carbonyl (C=O) groups is 2. The maximum absolute atomic E-state index is 12.9. The first-order valence-electron chi connectivity index (χ1n) is 7.78. The molecule has 1 unspecified atom stereocenters. The molecule has 0 aliphatic carbocycles. The number of aryl methyl sites for hydroxylation is 1. The fraction of sp³-hybridized carbons (Fsp3) is 0.500. The molecular formula is C16H17F6NO4. The summed E-state index contributed by atoms with van der Waals surface area (Å²) in [5, 5.41) is 11.3. The van der Waals surface area contributed by atoms with Crippen LogP contribution in [0.5, 0.6) is 0 Å². The van der Waals surface area contributed by atoms with Gasteiger partial charge in [0, 0.05) is 6.42 Å². The Balaban J connectivity index is 3.23. The van der Waals surface area contributed by atoms with Gasteiger partial charge in [0.2, 0.25) is 0 Å². The summed E-state index contributed by atoms with van der Waals surface area (Å²) in [4.78, 5) is 22.9. The van der Waals surface area contributed by atoms with Gasteiger partial charge in [0.25, 0.3) is 0 Å². The number of nitrogens with one attached hydrogen (secondary N) is 1. The van der Waals surface area contributed by atoms with Crippen LogP contribution in [-0.2, 0) is 22.1 Å². The Hall–Kier alpha value is -2.46. The van der Waals surface area contributed by atoms with Gasteiger partial charge in [-0.1, -0.05) is 6.07 Å². The highest BCUT2D eigenvalue weighted by Crippen LogP contribution is 2.33. The number of hydrogen-bond donors (Lipinski definition) is 2. The molecule has 0 heterocycles. The van der Waals surface area contributed by atoms with Crippen molar-refractivity contribution < 1.29 is 45.8 Å². The van der Waals surface area contributed by atoms with Crippen LogP contribution >= 0.6 is 0 Å². The van der Waals surface area contributed by atoms with E-state index >= 15 is 0 Å². The third kappa shape index (κ3) is 7.35. The van der Waals surface area contributed by atoms with Gasteiger partial charge in [-0.3, -0.25) is 0 Å². The summed E-state index contributed by atoms with van der Waals surface area (Å²) in [5.74, 6) is -1.60. The molecule has 152 valence electrons. The number of amides is 1. The summed E-state index contributed by atoms with van der Waals surface area (Å²) in [6.07, 6.45) is -12.6. The SMILES string of the molecule is CCOC(=O)NC(C(=O)O)c1ccc(C(F)(F)F)cc1CCCC(F)(F)F. The normalized spacial score (nSPS) is 13.1. The van der Waals surface area contributed by atoms with Gasteiger partial charge in [0.05, 0.1) is 12.2 Å². The minimum atomic E-state index is -4.76. The molecule has 1 amide bonds. The van der Waals surface area contributed by atoms with E-state index in [9.17, 15) is 41.0 Å². The molecule has 5 nitrogen and oxygen atoms in total. The number of carbonyl (C=O) groups excluding carboxylic acids is 1. The number of alkyl halides is 6. The minimum Gasteiger partial charge on any atom is -0.479 e. The van der Waals surface area contributed by atoms with E-state index in [0.29, 0.717) is 12.1 Å². The van der Waals surface area contributed by atoms with E-state index in [2.05, 4.69) is 4.74 Å². The lowest BCUT2D eigenvalue weighted by Gasteiger charge is -2.20. The third-order valence-corrected chi connectivity index (χ3v) is 3.47. The zero-order chi connectivity index (χ0) is 20.8. The zero-order valence-corrected chi connectivity index (χ0v) is 14.1. The van der Waals surface area contributed by atoms with Crippen LogP contribution in [0.4, 0.5) is 31.1 Å². The number of carboxylic acids is 1. The predicted molar refractivity (Wildman–Crippen MR) is 81.0 cm³/mol. The summed E-state index contributed by atoms with van der Waals surface area (Å²) < 4.78 is 80.2. The van der Waals surface area contributed by atoms with Crippen molar-refractivity contribution in [3.8, 4) is 0 Å². The smallest absolute Gasteiger partial charge is 0.416 e. The van der Waals surface area contributed by atoms with Gasteiger partial charge in [-0.15, -0.1) is 0 Å². The average Bonchev–Trinajstić information content (AvgIpc) is 2.50. The number of rotatable bonds is 7. The van der Waals surface area contributed by atoms with Crippen molar-refractivity contribution >= 4 is 12.1 Å². The topological polar surface area (TPSA) is 75.6 Å². The van der Waals surface area contributed by atoms with E-state index in [-0.39, 0.29) is 17.7 Å². The molecule has 0 spiro atoms. The number of hydrogen-bond acceptors (Lipinski definition) is 3. The number of halogens is 6. The second-order valence-corrected chi connectivity index (χ2v) is 5.52. The van der Waals surface area contributed by atoms with Gasteiger partial charge < -0.3 is 15.2 Å². The van der Waals surface area contributed by atoms with Gasteiger partial charge in [-0.25, -0.2) is 9.59 Å². The molecule has 0 aliphatic heterocycles. The van der Waals surface area contributed by atoms with E-state index in [4.69, 9.17) is 0 Å². The van der Waals surface area contributed by atoms with Crippen LogP contribution in [0.1, 0.15) is 42.5 Å². The standard InChI is InChI=1S/C16H17F6NO4/c1-2-27-14(26)23-12(13(24)25)11-6-5-10(16(20,21)22)8-9(11)4-3-7-15(17,18)19/h5-6,8,12H,2-4,7H2,1H3,(H,23,26)(H,24,25). The molecule has 0 radical (unpaired) electrons. The first-order valence-corrected chi connectivity index (χ1v) is 7.78. The Morgan fingerprint density at radius 3 is 2.30 bits per heavy atom. The Kier molecular flexibility index (Phi) is 7.49. The predicted octanol–water partition coefficient (Wildman–Crippen LogP) is 4.46. The molecule has 1 aromatic rings. The summed E-state index contributed by atoms with van der Waals surface area (Å²) in [6, 6.07) is 0.253. The van der Waals surface area contributed by atoms with Crippen LogP contribution in [0.15, 0.2) is 18.2 Å². The van der Waals surface area contributed by atoms with Crippen LogP contribution in [0.25, 0.3) is 0 Å². The molecule has 1 aromatic carbocycles. The van der Waals surface area contributed by atoms with Crippen LogP contribution in [0, 0.1) is 0 Å². The summed E-state index contributed by atoms with van der Waals surface area (Å²) in [7, 11) is 0. The number of ether oxygens (including phenoxy) is 1. The van der Waals surface area contributed by atoms with E-state index in [0.717, 1.165) is 6.07 Å². The zero-order valence-electron chi connectivity index (χ0n) is 14.1. The molecule has 11 heteroatoms. The fourth-order valence-corrected chi connectivity index (χ4v) is 2.32. The molecule has 2 N–H and O–H groups in total. The van der Waals surface area contributed by atoms with E-state index in [1.807, 2.05) is 5.32 Å². The molecule has 1 atom stereocenters. The Morgan fingerprint density at radius 2 is 1.81 bits per heavy atom. The third-order valence-electron chi connectivity index (χ3n) is 3.47. The summed E-state index contributed by atoms with van der Waals surface area (Å²) in [5.41, 5.74) is -1.63. The van der Waals surface area contributed by atoms with E-state index < -0.39 is 55.3 Å². The number of alkyl carbamates (subject to hydrolysis) is 1. The van der Waals surface area contributed by atoms with Gasteiger partial charge in [-0.2, -0.15) is 26.3 Å². The largest absolute Gasteiger partial charge is 0.479 e. The Bertz CT molecular complexity index is 672. The van der Waals surface area contributed by atoms with Crippen molar-refractivity contribution in [1.82, 2.24) is 5.32 Å². The lowest BCUT2D eigenvalue weighted by molar-refractivity contribution is -0.139. The Labute approximate surface area is 150 Å². The van der Waals surface area contributed by atoms with Crippen molar-refractivity contribution in [2.24, 2.45) is 0 Å². The molecule has 27 heavy (non-hydrogen) atoms. The van der Waals surface area contributed by atoms with Crippen LogP contribution in [0.3, 0.4) is 0 Å². The van der Waals surface area contributed by atoms with Crippen LogP contribution in [-0.4, -0.2) is 30.0 Å². The number of carboxylic acid groups (broad SMARTS) is 1. The fourth-order valence-electron chi connectivity index (χ4n) is 2.32. The molecular weight excluding hydrogens is 384 g/mol. The molecule has 0 saturated carbocycles. The molecule has 0 aromatic heterocycles. The number of benzene rings is 1.